The summed E-state index contributed by atoms with van der Waals surface area (Å²) in [5, 5.41) is 11.5. The molecular formula is C17H22N8O2. The van der Waals surface area contributed by atoms with Gasteiger partial charge in [0.2, 0.25) is 5.91 Å². The number of carbonyl (C=O) groups excluding carboxylic acids is 2. The molecule has 3 amide bonds. The summed E-state index contributed by atoms with van der Waals surface area (Å²) in [7, 11) is 1.87. The molecule has 1 saturated carbocycles. The number of hydrogen-bond acceptors (Lipinski definition) is 5. The fourth-order valence-electron chi connectivity index (χ4n) is 4.18. The van der Waals surface area contributed by atoms with E-state index in [2.05, 4.69) is 20.5 Å². The highest BCUT2D eigenvalue weighted by Gasteiger charge is 2.49. The van der Waals surface area contributed by atoms with Gasteiger partial charge in [0.15, 0.2) is 0 Å². The topological polar surface area (TPSA) is 101 Å². The van der Waals surface area contributed by atoms with E-state index in [1.54, 1.807) is 15.8 Å². The summed E-state index contributed by atoms with van der Waals surface area (Å²) in [4.78, 5) is 33.5. The number of nitrogens with zero attached hydrogens (tertiary/aromatic N) is 7. The second kappa shape index (κ2) is 6.07. The Bertz CT molecular complexity index is 885. The van der Waals surface area contributed by atoms with Crippen molar-refractivity contribution in [1.29, 1.82) is 0 Å². The second-order valence-electron chi connectivity index (χ2n) is 7.44. The molecule has 2 aromatic rings. The lowest BCUT2D eigenvalue weighted by molar-refractivity contribution is -0.129. The summed E-state index contributed by atoms with van der Waals surface area (Å²) in [5.74, 6) is 0.883. The summed E-state index contributed by atoms with van der Waals surface area (Å²) in [5.41, 5.74) is 0.955. The van der Waals surface area contributed by atoms with Gasteiger partial charge in [-0.1, -0.05) is 0 Å². The maximum atomic E-state index is 12.9. The Balaban J connectivity index is 1.36. The number of rotatable bonds is 3. The first-order valence-electron chi connectivity index (χ1n) is 9.33. The lowest BCUT2D eigenvalue weighted by atomic mass is 10.1. The lowest BCUT2D eigenvalue weighted by Gasteiger charge is -2.31. The van der Waals surface area contributed by atoms with Crippen molar-refractivity contribution in [2.75, 3.05) is 6.54 Å². The van der Waals surface area contributed by atoms with Gasteiger partial charge < -0.3 is 15.1 Å². The first-order chi connectivity index (χ1) is 13.1. The molecule has 1 aliphatic carbocycles. The van der Waals surface area contributed by atoms with Gasteiger partial charge in [0.05, 0.1) is 30.9 Å². The van der Waals surface area contributed by atoms with Crippen LogP contribution in [0.25, 0.3) is 0 Å². The van der Waals surface area contributed by atoms with Crippen molar-refractivity contribution in [3.05, 3.63) is 30.1 Å². The average molecular weight is 370 g/mol. The third-order valence-corrected chi connectivity index (χ3v) is 5.67. The van der Waals surface area contributed by atoms with Gasteiger partial charge in [-0.3, -0.25) is 9.48 Å². The molecule has 0 unspecified atom stereocenters. The number of aromatic nitrogens is 5. The van der Waals surface area contributed by atoms with E-state index in [-0.39, 0.29) is 30.1 Å². The molecule has 10 heteroatoms. The Labute approximate surface area is 156 Å². The number of likely N-dealkylation sites (tertiary alicyclic amines) is 1. The normalized spacial score (nSPS) is 25.0. The van der Waals surface area contributed by atoms with Crippen LogP contribution >= 0.6 is 0 Å². The first-order valence-corrected chi connectivity index (χ1v) is 9.33. The molecular weight excluding hydrogens is 348 g/mol. The highest BCUT2D eigenvalue weighted by Crippen LogP contribution is 2.41. The third kappa shape index (κ3) is 2.75. The van der Waals surface area contributed by atoms with Gasteiger partial charge in [-0.15, -0.1) is 0 Å². The van der Waals surface area contributed by atoms with Crippen molar-refractivity contribution in [2.24, 2.45) is 7.05 Å². The van der Waals surface area contributed by atoms with Gasteiger partial charge in [-0.2, -0.15) is 10.2 Å². The van der Waals surface area contributed by atoms with Gasteiger partial charge in [-0.05, 0) is 18.9 Å². The molecule has 5 rings (SSSR count). The Morgan fingerprint density at radius 3 is 2.85 bits per heavy atom. The molecule has 0 spiro atoms. The highest BCUT2D eigenvalue weighted by atomic mass is 16.2. The Hall–Kier alpha value is -2.91. The minimum Gasteiger partial charge on any atom is -0.332 e. The van der Waals surface area contributed by atoms with Gasteiger partial charge in [0.25, 0.3) is 0 Å². The predicted molar refractivity (Wildman–Crippen MR) is 93.2 cm³/mol. The van der Waals surface area contributed by atoms with Crippen LogP contribution in [0.1, 0.15) is 36.8 Å². The molecule has 1 N–H and O–H groups in total. The standard InChI is InChI=1S/C17H22N8O2/c1-22-13(4-5-19-22)16-12(8-15(26)25(16)11-2-3-11)21-17(27)23-6-7-24-14(9-23)18-10-20-24/h4-5,10-12,16H,2-3,6-9H2,1H3,(H,21,27)/t12-,16-/m1/s1. The number of nitrogens with one attached hydrogen (secondary N) is 1. The molecule has 2 aromatic heterocycles. The monoisotopic (exact) mass is 370 g/mol. The van der Waals surface area contributed by atoms with E-state index in [1.165, 1.54) is 6.33 Å². The maximum Gasteiger partial charge on any atom is 0.318 e. The maximum absolute atomic E-state index is 12.9. The van der Waals surface area contributed by atoms with Crippen LogP contribution in [0, 0.1) is 0 Å². The fraction of sp³-hybridized carbons (Fsp3) is 0.588. The van der Waals surface area contributed by atoms with E-state index in [0.29, 0.717) is 26.1 Å². The van der Waals surface area contributed by atoms with Crippen LogP contribution < -0.4 is 5.32 Å². The molecule has 2 fully saturated rings. The molecule has 0 radical (unpaired) electrons. The minimum absolute atomic E-state index is 0.104. The quantitative estimate of drug-likeness (QED) is 0.822. The molecule has 142 valence electrons. The first kappa shape index (κ1) is 16.3. The average Bonchev–Trinajstić information content (AvgIpc) is 3.08. The van der Waals surface area contributed by atoms with Crippen LogP contribution in [0.4, 0.5) is 4.79 Å². The fourth-order valence-corrected chi connectivity index (χ4v) is 4.18. The largest absolute Gasteiger partial charge is 0.332 e. The molecule has 0 bridgehead atoms. The SMILES string of the molecule is Cn1nccc1[C@H]1[C@H](NC(=O)N2CCn3ncnc3C2)CC(=O)N1C1CC1. The smallest absolute Gasteiger partial charge is 0.318 e. The molecule has 1 saturated heterocycles. The molecule has 2 atom stereocenters. The van der Waals surface area contributed by atoms with E-state index in [9.17, 15) is 9.59 Å². The van der Waals surface area contributed by atoms with Crippen molar-refractivity contribution in [1.82, 2.24) is 39.7 Å². The second-order valence-corrected chi connectivity index (χ2v) is 7.44. The van der Waals surface area contributed by atoms with Crippen molar-refractivity contribution in [3.63, 3.8) is 0 Å². The van der Waals surface area contributed by atoms with E-state index in [0.717, 1.165) is 24.4 Å². The Kier molecular flexibility index (Phi) is 3.66. The molecule has 2 aliphatic heterocycles. The van der Waals surface area contributed by atoms with Crippen LogP contribution in [-0.4, -0.2) is 64.9 Å². The van der Waals surface area contributed by atoms with Crippen molar-refractivity contribution < 1.29 is 9.59 Å². The predicted octanol–water partition coefficient (Wildman–Crippen LogP) is 0.0414. The zero-order valence-corrected chi connectivity index (χ0v) is 15.2. The summed E-state index contributed by atoms with van der Waals surface area (Å²) < 4.78 is 3.61. The summed E-state index contributed by atoms with van der Waals surface area (Å²) >= 11 is 0. The van der Waals surface area contributed by atoms with E-state index in [1.807, 2.05) is 22.7 Å². The van der Waals surface area contributed by atoms with E-state index in [4.69, 9.17) is 0 Å². The van der Waals surface area contributed by atoms with E-state index >= 15 is 0 Å². The van der Waals surface area contributed by atoms with Crippen molar-refractivity contribution in [2.45, 2.75) is 50.5 Å². The molecule has 0 aromatic carbocycles. The number of urea groups is 1. The number of fused-ring (bicyclic) bond motifs is 1. The van der Waals surface area contributed by atoms with E-state index < -0.39 is 0 Å². The molecule has 3 aliphatic rings. The molecule has 10 nitrogen and oxygen atoms in total. The Morgan fingerprint density at radius 2 is 2.11 bits per heavy atom. The van der Waals surface area contributed by atoms with Crippen molar-refractivity contribution in [3.8, 4) is 0 Å². The van der Waals surface area contributed by atoms with Crippen molar-refractivity contribution >= 4 is 11.9 Å². The zero-order chi connectivity index (χ0) is 18.5. The number of aryl methyl sites for hydroxylation is 1. The van der Waals surface area contributed by atoms with Gasteiger partial charge in [0.1, 0.15) is 12.2 Å². The summed E-state index contributed by atoms with van der Waals surface area (Å²) in [6.07, 6.45) is 5.63. The number of carbonyl (C=O) groups is 2. The van der Waals surface area contributed by atoms with Gasteiger partial charge in [-0.25, -0.2) is 14.5 Å². The van der Waals surface area contributed by atoms with Crippen LogP contribution in [0.3, 0.4) is 0 Å². The van der Waals surface area contributed by atoms with Crippen LogP contribution in [0.15, 0.2) is 18.6 Å². The summed E-state index contributed by atoms with van der Waals surface area (Å²) in [6.45, 7) is 1.63. The van der Waals surface area contributed by atoms with Crippen LogP contribution in [-0.2, 0) is 24.9 Å². The zero-order valence-electron chi connectivity index (χ0n) is 15.2. The Morgan fingerprint density at radius 1 is 1.26 bits per heavy atom. The number of hydrogen-bond donors (Lipinski definition) is 1. The lowest BCUT2D eigenvalue weighted by Crippen LogP contribution is -2.49. The number of amides is 3. The molecule has 4 heterocycles. The van der Waals surface area contributed by atoms with Gasteiger partial charge in [0, 0.05) is 32.3 Å². The van der Waals surface area contributed by atoms with Crippen LogP contribution in [0.2, 0.25) is 0 Å². The van der Waals surface area contributed by atoms with Gasteiger partial charge >= 0.3 is 6.03 Å². The molecule has 27 heavy (non-hydrogen) atoms. The highest BCUT2D eigenvalue weighted by molar-refractivity contribution is 5.83. The summed E-state index contributed by atoms with van der Waals surface area (Å²) in [6, 6.07) is 1.62. The third-order valence-electron chi connectivity index (χ3n) is 5.67. The van der Waals surface area contributed by atoms with Crippen LogP contribution in [0.5, 0.6) is 0 Å². The minimum atomic E-state index is -0.263.